The van der Waals surface area contributed by atoms with Crippen molar-refractivity contribution in [1.29, 1.82) is 0 Å². The zero-order valence-corrected chi connectivity index (χ0v) is 13.5. The molecule has 2 aliphatic rings. The van der Waals surface area contributed by atoms with Crippen LogP contribution in [-0.4, -0.2) is 42.0 Å². The highest BCUT2D eigenvalue weighted by molar-refractivity contribution is 5.86. The minimum absolute atomic E-state index is 0.159. The first-order chi connectivity index (χ1) is 11.8. The summed E-state index contributed by atoms with van der Waals surface area (Å²) in [7, 11) is 0. The highest BCUT2D eigenvalue weighted by Gasteiger charge is 2.54. The number of amides is 1. The predicted octanol–water partition coefficient (Wildman–Crippen LogP) is 1.69. The Labute approximate surface area is 140 Å². The highest BCUT2D eigenvalue weighted by Crippen LogP contribution is 2.42. The molecule has 4 rings (SSSR count). The van der Waals surface area contributed by atoms with E-state index in [2.05, 4.69) is 15.2 Å². The lowest BCUT2D eigenvalue weighted by atomic mass is 9.77. The van der Waals surface area contributed by atoms with Crippen molar-refractivity contribution in [1.82, 2.24) is 15.2 Å². The molecule has 0 radical (unpaired) electrons. The van der Waals surface area contributed by atoms with Crippen LogP contribution in [0.2, 0.25) is 0 Å². The van der Waals surface area contributed by atoms with Crippen LogP contribution < -0.4 is 10.1 Å². The van der Waals surface area contributed by atoms with Gasteiger partial charge < -0.3 is 14.5 Å². The Bertz CT molecular complexity index is 689. The quantitative estimate of drug-likeness (QED) is 0.905. The van der Waals surface area contributed by atoms with E-state index < -0.39 is 0 Å². The van der Waals surface area contributed by atoms with Crippen molar-refractivity contribution < 1.29 is 13.9 Å². The van der Waals surface area contributed by atoms with Crippen molar-refractivity contribution in [3.8, 4) is 5.88 Å². The molecule has 1 amide bonds. The monoisotopic (exact) mass is 327 g/mol. The average Bonchev–Trinajstić information content (AvgIpc) is 3.32. The van der Waals surface area contributed by atoms with Crippen LogP contribution in [0.1, 0.15) is 12.0 Å². The largest absolute Gasteiger partial charge is 0.477 e. The minimum atomic E-state index is -0.349. The number of likely N-dealkylation sites (tertiary alicyclic amines) is 1. The molecule has 2 fully saturated rings. The van der Waals surface area contributed by atoms with Crippen LogP contribution in [0, 0.1) is 11.3 Å². The third-order valence-corrected chi connectivity index (χ3v) is 5.18. The second kappa shape index (κ2) is 6.28. The minimum Gasteiger partial charge on any atom is -0.477 e. The molecule has 24 heavy (non-hydrogen) atoms. The van der Waals surface area contributed by atoms with Crippen LogP contribution in [0.5, 0.6) is 5.88 Å². The maximum Gasteiger partial charge on any atom is 0.228 e. The van der Waals surface area contributed by atoms with Crippen molar-refractivity contribution in [3.63, 3.8) is 0 Å². The van der Waals surface area contributed by atoms with Gasteiger partial charge in [-0.2, -0.15) is 0 Å². The summed E-state index contributed by atoms with van der Waals surface area (Å²) in [5.74, 6) is 0.938. The molecule has 1 N–H and O–H groups in total. The molecule has 0 unspecified atom stereocenters. The van der Waals surface area contributed by atoms with E-state index in [4.69, 9.17) is 9.15 Å². The fourth-order valence-electron chi connectivity index (χ4n) is 3.82. The molecule has 2 aliphatic heterocycles. The number of aromatic nitrogens is 1. The van der Waals surface area contributed by atoms with Crippen molar-refractivity contribution in [2.45, 2.75) is 13.0 Å². The van der Waals surface area contributed by atoms with Crippen LogP contribution in [0.4, 0.5) is 0 Å². The van der Waals surface area contributed by atoms with Gasteiger partial charge in [0.05, 0.1) is 24.5 Å². The summed E-state index contributed by atoms with van der Waals surface area (Å²) < 4.78 is 11.0. The van der Waals surface area contributed by atoms with Gasteiger partial charge in [0, 0.05) is 43.4 Å². The standard InChI is InChI=1S/C18H21N3O3/c22-17-18(5-7-21(13-18)10-14-4-8-23-11-14)15(9-20-17)12-24-16-3-1-2-6-19-16/h1-4,6,8,11,15H,5,7,9-10,12-13H2,(H,20,22)/t15-,18-/m1/s1. The van der Waals surface area contributed by atoms with Gasteiger partial charge in [-0.25, -0.2) is 4.98 Å². The fourth-order valence-corrected chi connectivity index (χ4v) is 3.82. The van der Waals surface area contributed by atoms with Crippen LogP contribution in [0.3, 0.4) is 0 Å². The number of carbonyl (C=O) groups excluding carboxylic acids is 1. The molecule has 4 heterocycles. The second-order valence-electron chi connectivity index (χ2n) is 6.63. The first-order valence-corrected chi connectivity index (χ1v) is 8.32. The van der Waals surface area contributed by atoms with Gasteiger partial charge in [0.25, 0.3) is 0 Å². The van der Waals surface area contributed by atoms with Crippen LogP contribution in [0.15, 0.2) is 47.4 Å². The Morgan fingerprint density at radius 3 is 3.17 bits per heavy atom. The van der Waals surface area contributed by atoms with Crippen LogP contribution in [0.25, 0.3) is 0 Å². The molecule has 2 aromatic rings. The Morgan fingerprint density at radius 2 is 2.38 bits per heavy atom. The maximum atomic E-state index is 12.5. The number of rotatable bonds is 5. The number of hydrogen-bond acceptors (Lipinski definition) is 5. The lowest BCUT2D eigenvalue weighted by Crippen LogP contribution is -2.40. The number of carbonyl (C=O) groups is 1. The number of pyridine rings is 1. The van der Waals surface area contributed by atoms with E-state index in [1.165, 1.54) is 0 Å². The van der Waals surface area contributed by atoms with Gasteiger partial charge in [0.1, 0.15) is 0 Å². The van der Waals surface area contributed by atoms with E-state index in [0.29, 0.717) is 19.0 Å². The van der Waals surface area contributed by atoms with Gasteiger partial charge in [0.15, 0.2) is 0 Å². The number of hydrogen-bond donors (Lipinski definition) is 1. The van der Waals surface area contributed by atoms with Crippen LogP contribution in [-0.2, 0) is 11.3 Å². The van der Waals surface area contributed by atoms with Gasteiger partial charge in [-0.05, 0) is 25.1 Å². The maximum absolute atomic E-state index is 12.5. The molecule has 126 valence electrons. The van der Waals surface area contributed by atoms with E-state index in [9.17, 15) is 4.79 Å². The predicted molar refractivity (Wildman–Crippen MR) is 87.3 cm³/mol. The number of nitrogens with one attached hydrogen (secondary N) is 1. The van der Waals surface area contributed by atoms with E-state index in [0.717, 1.165) is 31.6 Å². The molecule has 2 atom stereocenters. The molecule has 0 aromatic carbocycles. The van der Waals surface area contributed by atoms with Gasteiger partial charge in [-0.3, -0.25) is 9.69 Å². The third-order valence-electron chi connectivity index (χ3n) is 5.18. The average molecular weight is 327 g/mol. The molecular weight excluding hydrogens is 306 g/mol. The normalized spacial score (nSPS) is 26.8. The van der Waals surface area contributed by atoms with E-state index in [1.807, 2.05) is 24.3 Å². The summed E-state index contributed by atoms with van der Waals surface area (Å²) in [6.45, 7) is 3.68. The molecule has 6 heteroatoms. The Hall–Kier alpha value is -2.34. The smallest absolute Gasteiger partial charge is 0.228 e. The van der Waals surface area contributed by atoms with Crippen molar-refractivity contribution in [2.75, 3.05) is 26.2 Å². The summed E-state index contributed by atoms with van der Waals surface area (Å²) in [4.78, 5) is 19.1. The number of nitrogens with zero attached hydrogens (tertiary/aromatic N) is 2. The van der Waals surface area contributed by atoms with Gasteiger partial charge in [0.2, 0.25) is 11.8 Å². The molecule has 2 aromatic heterocycles. The summed E-state index contributed by atoms with van der Waals surface area (Å²) in [5, 5.41) is 3.03. The lowest BCUT2D eigenvalue weighted by molar-refractivity contribution is -0.128. The molecule has 1 spiro atoms. The summed E-state index contributed by atoms with van der Waals surface area (Å²) in [5.41, 5.74) is 0.796. The second-order valence-corrected chi connectivity index (χ2v) is 6.63. The Kier molecular flexibility index (Phi) is 3.98. The number of furan rings is 1. The summed E-state index contributed by atoms with van der Waals surface area (Å²) in [6, 6.07) is 7.58. The summed E-state index contributed by atoms with van der Waals surface area (Å²) in [6.07, 6.45) is 6.03. The van der Waals surface area contributed by atoms with Gasteiger partial charge in [-0.15, -0.1) is 0 Å². The molecule has 0 saturated carbocycles. The lowest BCUT2D eigenvalue weighted by Gasteiger charge is -2.28. The van der Waals surface area contributed by atoms with E-state index >= 15 is 0 Å². The third kappa shape index (κ3) is 2.78. The first kappa shape index (κ1) is 15.2. The van der Waals surface area contributed by atoms with Crippen molar-refractivity contribution in [3.05, 3.63) is 48.6 Å². The van der Waals surface area contributed by atoms with Gasteiger partial charge in [-0.1, -0.05) is 6.07 Å². The Balaban J connectivity index is 1.43. The Morgan fingerprint density at radius 1 is 1.42 bits per heavy atom. The SMILES string of the molecule is O=C1NC[C@H](COc2ccccn2)[C@]12CCN(Cc1ccoc1)C2. The zero-order chi connectivity index (χ0) is 16.4. The van der Waals surface area contributed by atoms with Gasteiger partial charge >= 0.3 is 0 Å². The van der Waals surface area contributed by atoms with Crippen molar-refractivity contribution >= 4 is 5.91 Å². The summed E-state index contributed by atoms with van der Waals surface area (Å²) >= 11 is 0. The molecule has 0 bridgehead atoms. The zero-order valence-electron chi connectivity index (χ0n) is 13.5. The highest BCUT2D eigenvalue weighted by atomic mass is 16.5. The fraction of sp³-hybridized carbons (Fsp3) is 0.444. The molecule has 6 nitrogen and oxygen atoms in total. The first-order valence-electron chi connectivity index (χ1n) is 8.32. The molecular formula is C18H21N3O3. The van der Waals surface area contributed by atoms with Crippen molar-refractivity contribution in [2.24, 2.45) is 11.3 Å². The molecule has 0 aliphatic carbocycles. The molecule has 2 saturated heterocycles. The number of ether oxygens (including phenoxy) is 1. The topological polar surface area (TPSA) is 67.6 Å². The van der Waals surface area contributed by atoms with E-state index in [1.54, 1.807) is 18.7 Å². The van der Waals surface area contributed by atoms with E-state index in [-0.39, 0.29) is 17.2 Å². The van der Waals surface area contributed by atoms with Crippen LogP contribution >= 0.6 is 0 Å².